The average Bonchev–Trinajstić information content (AvgIpc) is 2.95. The third kappa shape index (κ3) is 3.64. The number of hydrogen-bond donors (Lipinski definition) is 2. The van der Waals surface area contributed by atoms with Gasteiger partial charge in [-0.1, -0.05) is 5.16 Å². The highest BCUT2D eigenvalue weighted by Gasteiger charge is 2.20. The summed E-state index contributed by atoms with van der Waals surface area (Å²) in [5.41, 5.74) is 5.50. The number of aryl methyl sites for hydroxylation is 1. The summed E-state index contributed by atoms with van der Waals surface area (Å²) in [6.07, 6.45) is 0.363. The summed E-state index contributed by atoms with van der Waals surface area (Å²) >= 11 is 4.55. The fourth-order valence-electron chi connectivity index (χ4n) is 1.50. The van der Waals surface area contributed by atoms with Crippen molar-refractivity contribution in [3.8, 4) is 0 Å². The van der Waals surface area contributed by atoms with Crippen LogP contribution in [0, 0.1) is 6.92 Å². The minimum atomic E-state index is -3.57. The van der Waals surface area contributed by atoms with Crippen LogP contribution in [0.1, 0.15) is 16.6 Å². The first-order valence-electron chi connectivity index (χ1n) is 5.69. The van der Waals surface area contributed by atoms with Gasteiger partial charge in [0, 0.05) is 31.3 Å². The molecule has 0 fully saturated rings. The highest BCUT2D eigenvalue weighted by atomic mass is 79.9. The van der Waals surface area contributed by atoms with Gasteiger partial charge in [0.1, 0.15) is 4.90 Å². The van der Waals surface area contributed by atoms with Crippen LogP contribution in [0.3, 0.4) is 0 Å². The van der Waals surface area contributed by atoms with Crippen molar-refractivity contribution in [1.82, 2.24) is 14.9 Å². The van der Waals surface area contributed by atoms with E-state index in [-0.39, 0.29) is 11.4 Å². The standard InChI is InChI=1S/C10H13BrN4O3S2/c1-6-14-9(15-18-6)2-3-13-20(16,17)8-4-7(5-12)19-10(8)11/h4,13H,2-3,5,12H2,1H3. The van der Waals surface area contributed by atoms with E-state index in [1.54, 1.807) is 13.0 Å². The summed E-state index contributed by atoms with van der Waals surface area (Å²) in [4.78, 5) is 5.00. The maximum atomic E-state index is 12.1. The molecule has 2 aromatic rings. The van der Waals surface area contributed by atoms with Crippen LogP contribution in [0.15, 0.2) is 19.3 Å². The highest BCUT2D eigenvalue weighted by Crippen LogP contribution is 2.31. The van der Waals surface area contributed by atoms with Crippen LogP contribution in [-0.4, -0.2) is 25.1 Å². The Balaban J connectivity index is 2.01. The van der Waals surface area contributed by atoms with Crippen LogP contribution < -0.4 is 10.5 Å². The molecule has 0 amide bonds. The van der Waals surface area contributed by atoms with E-state index in [9.17, 15) is 8.42 Å². The van der Waals surface area contributed by atoms with E-state index in [1.807, 2.05) is 0 Å². The molecule has 2 aromatic heterocycles. The van der Waals surface area contributed by atoms with E-state index in [0.717, 1.165) is 4.88 Å². The average molecular weight is 381 g/mol. The Kier molecular flexibility index (Phi) is 4.91. The summed E-state index contributed by atoms with van der Waals surface area (Å²) in [5.74, 6) is 0.924. The van der Waals surface area contributed by atoms with E-state index in [2.05, 4.69) is 30.8 Å². The summed E-state index contributed by atoms with van der Waals surface area (Å²) in [6, 6.07) is 1.57. The van der Waals surface area contributed by atoms with Crippen LogP contribution in [0.4, 0.5) is 0 Å². The van der Waals surface area contributed by atoms with E-state index < -0.39 is 10.0 Å². The maximum Gasteiger partial charge on any atom is 0.242 e. The molecule has 0 unspecified atom stereocenters. The van der Waals surface area contributed by atoms with Crippen molar-refractivity contribution in [3.63, 3.8) is 0 Å². The van der Waals surface area contributed by atoms with E-state index in [0.29, 0.717) is 28.5 Å². The summed E-state index contributed by atoms with van der Waals surface area (Å²) in [7, 11) is -3.57. The molecule has 0 aromatic carbocycles. The predicted octanol–water partition coefficient (Wildman–Crippen LogP) is 1.18. The zero-order chi connectivity index (χ0) is 14.8. The minimum absolute atomic E-state index is 0.196. The molecule has 0 bridgehead atoms. The number of aromatic nitrogens is 2. The van der Waals surface area contributed by atoms with Crippen molar-refractivity contribution in [1.29, 1.82) is 0 Å². The van der Waals surface area contributed by atoms with Gasteiger partial charge in [-0.2, -0.15) is 4.98 Å². The van der Waals surface area contributed by atoms with Gasteiger partial charge in [0.25, 0.3) is 0 Å². The lowest BCUT2D eigenvalue weighted by Gasteiger charge is -2.03. The maximum absolute atomic E-state index is 12.1. The third-order valence-corrected chi connectivity index (χ3v) is 6.14. The number of halogens is 1. The monoisotopic (exact) mass is 380 g/mol. The highest BCUT2D eigenvalue weighted by molar-refractivity contribution is 9.11. The molecular formula is C10H13BrN4O3S2. The van der Waals surface area contributed by atoms with Gasteiger partial charge in [-0.3, -0.25) is 0 Å². The summed E-state index contributed by atoms with van der Waals surface area (Å²) in [6.45, 7) is 2.18. The molecule has 110 valence electrons. The van der Waals surface area contributed by atoms with Gasteiger partial charge < -0.3 is 10.3 Å². The number of thiophene rings is 1. The van der Waals surface area contributed by atoms with Gasteiger partial charge in [-0.25, -0.2) is 13.1 Å². The molecule has 2 rings (SSSR count). The number of hydrogen-bond acceptors (Lipinski definition) is 7. The molecule has 0 saturated heterocycles. The smallest absolute Gasteiger partial charge is 0.242 e. The fourth-order valence-corrected chi connectivity index (χ4v) is 5.09. The van der Waals surface area contributed by atoms with Crippen molar-refractivity contribution in [2.45, 2.75) is 24.8 Å². The second-order valence-corrected chi connectivity index (χ2v) is 8.12. The molecule has 0 aliphatic rings. The minimum Gasteiger partial charge on any atom is -0.340 e. The van der Waals surface area contributed by atoms with Gasteiger partial charge in [-0.05, 0) is 22.0 Å². The van der Waals surface area contributed by atoms with Crippen molar-refractivity contribution in [2.75, 3.05) is 6.54 Å². The molecule has 0 saturated carbocycles. The van der Waals surface area contributed by atoms with Gasteiger partial charge in [0.05, 0.1) is 3.79 Å². The topological polar surface area (TPSA) is 111 Å². The van der Waals surface area contributed by atoms with E-state index >= 15 is 0 Å². The lowest BCUT2D eigenvalue weighted by atomic mass is 10.4. The van der Waals surface area contributed by atoms with Crippen molar-refractivity contribution >= 4 is 37.3 Å². The van der Waals surface area contributed by atoms with Crippen LogP contribution in [-0.2, 0) is 23.0 Å². The van der Waals surface area contributed by atoms with E-state index in [1.165, 1.54) is 11.3 Å². The number of nitrogens with one attached hydrogen (secondary N) is 1. The molecular weight excluding hydrogens is 368 g/mol. The largest absolute Gasteiger partial charge is 0.340 e. The number of nitrogens with two attached hydrogens (primary N) is 1. The fraction of sp³-hybridized carbons (Fsp3) is 0.400. The van der Waals surface area contributed by atoms with Gasteiger partial charge in [-0.15, -0.1) is 11.3 Å². The zero-order valence-corrected chi connectivity index (χ0v) is 13.8. The van der Waals surface area contributed by atoms with Crippen LogP contribution in [0.5, 0.6) is 0 Å². The van der Waals surface area contributed by atoms with Crippen LogP contribution in [0.25, 0.3) is 0 Å². The molecule has 2 heterocycles. The quantitative estimate of drug-likeness (QED) is 0.777. The molecule has 0 aliphatic carbocycles. The Bertz CT molecular complexity index is 695. The molecule has 0 radical (unpaired) electrons. The van der Waals surface area contributed by atoms with Crippen molar-refractivity contribution < 1.29 is 12.9 Å². The molecule has 0 aliphatic heterocycles. The number of sulfonamides is 1. The van der Waals surface area contributed by atoms with Gasteiger partial charge >= 0.3 is 0 Å². The van der Waals surface area contributed by atoms with Crippen molar-refractivity contribution in [3.05, 3.63) is 26.4 Å². The lowest BCUT2D eigenvalue weighted by Crippen LogP contribution is -2.26. The molecule has 10 heteroatoms. The van der Waals surface area contributed by atoms with Crippen molar-refractivity contribution in [2.24, 2.45) is 5.73 Å². The summed E-state index contributed by atoms with van der Waals surface area (Å²) < 4.78 is 32.1. The Morgan fingerprint density at radius 2 is 2.30 bits per heavy atom. The zero-order valence-electron chi connectivity index (χ0n) is 10.6. The first kappa shape index (κ1) is 15.6. The Labute approximate surface area is 128 Å². The molecule has 7 nitrogen and oxygen atoms in total. The van der Waals surface area contributed by atoms with Crippen LogP contribution >= 0.6 is 27.3 Å². The molecule has 20 heavy (non-hydrogen) atoms. The Morgan fingerprint density at radius 3 is 2.85 bits per heavy atom. The lowest BCUT2D eigenvalue weighted by molar-refractivity contribution is 0.387. The number of nitrogens with zero attached hydrogens (tertiary/aromatic N) is 2. The first-order chi connectivity index (χ1) is 9.42. The van der Waals surface area contributed by atoms with Crippen LogP contribution in [0.2, 0.25) is 0 Å². The van der Waals surface area contributed by atoms with Gasteiger partial charge in [0.15, 0.2) is 5.82 Å². The van der Waals surface area contributed by atoms with Gasteiger partial charge in [0.2, 0.25) is 15.9 Å². The first-order valence-corrected chi connectivity index (χ1v) is 8.79. The molecule has 0 atom stereocenters. The molecule has 3 N–H and O–H groups in total. The SMILES string of the molecule is Cc1nc(CCNS(=O)(=O)c2cc(CN)sc2Br)no1. The van der Waals surface area contributed by atoms with E-state index in [4.69, 9.17) is 10.3 Å². The number of rotatable bonds is 6. The second kappa shape index (κ2) is 6.31. The third-order valence-electron chi connectivity index (χ3n) is 2.41. The second-order valence-electron chi connectivity index (χ2n) is 3.93. The predicted molar refractivity (Wildman–Crippen MR) is 77.8 cm³/mol. The normalized spacial score (nSPS) is 11.9. The summed E-state index contributed by atoms with van der Waals surface area (Å²) in [5, 5.41) is 3.70. The Morgan fingerprint density at radius 1 is 1.55 bits per heavy atom. The Hall–Kier alpha value is -0.810. The molecule has 0 spiro atoms.